The lowest BCUT2D eigenvalue weighted by Crippen LogP contribution is -2.10. The Morgan fingerprint density at radius 3 is 2.56 bits per heavy atom. The van der Waals surface area contributed by atoms with E-state index < -0.39 is 0 Å². The summed E-state index contributed by atoms with van der Waals surface area (Å²) in [5, 5.41) is 0. The van der Waals surface area contributed by atoms with E-state index >= 15 is 0 Å². The average molecular weight is 252 g/mol. The van der Waals surface area contributed by atoms with Crippen LogP contribution in [0.3, 0.4) is 0 Å². The van der Waals surface area contributed by atoms with Crippen molar-refractivity contribution in [3.63, 3.8) is 0 Å². The van der Waals surface area contributed by atoms with E-state index in [4.69, 9.17) is 14.2 Å². The largest absolute Gasteiger partial charge is 0.493 e. The quantitative estimate of drug-likeness (QED) is 0.730. The van der Waals surface area contributed by atoms with Gasteiger partial charge in [-0.05, 0) is 31.0 Å². The van der Waals surface area contributed by atoms with Crippen molar-refractivity contribution in [1.82, 2.24) is 0 Å². The molecule has 0 aliphatic rings. The fourth-order valence-corrected chi connectivity index (χ4v) is 1.40. The monoisotopic (exact) mass is 252 g/mol. The molecule has 0 fully saturated rings. The van der Waals surface area contributed by atoms with Crippen molar-refractivity contribution in [3.8, 4) is 11.5 Å². The standard InChI is InChI=1S/C14H20O4/c1-5-17-13-8-11(6-7-12(13)16-4)14(15)18-9-10(2)3/h6-8,10H,5,9H2,1-4H3. The minimum atomic E-state index is -0.340. The molecule has 4 heteroatoms. The average Bonchev–Trinajstić information content (AvgIpc) is 2.36. The van der Waals surface area contributed by atoms with Gasteiger partial charge in [0, 0.05) is 0 Å². The van der Waals surface area contributed by atoms with E-state index in [1.165, 1.54) is 0 Å². The number of carbonyl (C=O) groups excluding carboxylic acids is 1. The molecule has 0 atom stereocenters. The molecule has 0 heterocycles. The van der Waals surface area contributed by atoms with Gasteiger partial charge in [-0.1, -0.05) is 13.8 Å². The van der Waals surface area contributed by atoms with Crippen LogP contribution in [0.25, 0.3) is 0 Å². The lowest BCUT2D eigenvalue weighted by atomic mass is 10.2. The third-order valence-electron chi connectivity index (χ3n) is 2.25. The smallest absolute Gasteiger partial charge is 0.338 e. The van der Waals surface area contributed by atoms with Gasteiger partial charge in [0.1, 0.15) is 0 Å². The number of esters is 1. The van der Waals surface area contributed by atoms with Gasteiger partial charge in [-0.15, -0.1) is 0 Å². The third-order valence-corrected chi connectivity index (χ3v) is 2.25. The molecule has 4 nitrogen and oxygen atoms in total. The van der Waals surface area contributed by atoms with Gasteiger partial charge >= 0.3 is 5.97 Å². The van der Waals surface area contributed by atoms with Crippen molar-refractivity contribution >= 4 is 5.97 Å². The van der Waals surface area contributed by atoms with E-state index in [9.17, 15) is 4.79 Å². The Morgan fingerprint density at radius 2 is 2.00 bits per heavy atom. The number of methoxy groups -OCH3 is 1. The van der Waals surface area contributed by atoms with Crippen molar-refractivity contribution < 1.29 is 19.0 Å². The number of ether oxygens (including phenoxy) is 3. The maximum absolute atomic E-state index is 11.8. The Hall–Kier alpha value is -1.71. The second-order valence-corrected chi connectivity index (χ2v) is 4.29. The van der Waals surface area contributed by atoms with Gasteiger partial charge < -0.3 is 14.2 Å². The minimum absolute atomic E-state index is 0.318. The molecule has 0 aromatic heterocycles. The molecule has 0 radical (unpaired) electrons. The van der Waals surface area contributed by atoms with Crippen LogP contribution >= 0.6 is 0 Å². The van der Waals surface area contributed by atoms with Crippen LogP contribution in [0, 0.1) is 5.92 Å². The molecular formula is C14H20O4. The third kappa shape index (κ3) is 3.95. The second kappa shape index (κ2) is 6.89. The highest BCUT2D eigenvalue weighted by Gasteiger charge is 2.12. The number of benzene rings is 1. The fourth-order valence-electron chi connectivity index (χ4n) is 1.40. The van der Waals surface area contributed by atoms with Crippen molar-refractivity contribution in [2.75, 3.05) is 20.3 Å². The molecule has 100 valence electrons. The predicted octanol–water partition coefficient (Wildman–Crippen LogP) is 2.91. The second-order valence-electron chi connectivity index (χ2n) is 4.29. The number of hydrogen-bond acceptors (Lipinski definition) is 4. The first-order valence-corrected chi connectivity index (χ1v) is 6.06. The molecule has 0 saturated heterocycles. The van der Waals surface area contributed by atoms with Gasteiger partial charge in [0.25, 0.3) is 0 Å². The van der Waals surface area contributed by atoms with Gasteiger partial charge in [-0.25, -0.2) is 4.79 Å². The van der Waals surface area contributed by atoms with E-state index in [0.717, 1.165) is 0 Å². The topological polar surface area (TPSA) is 44.8 Å². The predicted molar refractivity (Wildman–Crippen MR) is 69.3 cm³/mol. The summed E-state index contributed by atoms with van der Waals surface area (Å²) in [6, 6.07) is 5.02. The van der Waals surface area contributed by atoms with Crippen molar-refractivity contribution in [2.24, 2.45) is 5.92 Å². The summed E-state index contributed by atoms with van der Waals surface area (Å²) in [7, 11) is 1.56. The molecule has 0 spiro atoms. The molecule has 0 saturated carbocycles. The number of carbonyl (C=O) groups is 1. The molecule has 1 rings (SSSR count). The minimum Gasteiger partial charge on any atom is -0.493 e. The highest BCUT2D eigenvalue weighted by molar-refractivity contribution is 5.90. The Balaban J connectivity index is 2.83. The van der Waals surface area contributed by atoms with Crippen LogP contribution in [0.4, 0.5) is 0 Å². The molecule has 0 N–H and O–H groups in total. The van der Waals surface area contributed by atoms with E-state index in [0.29, 0.717) is 36.2 Å². The lowest BCUT2D eigenvalue weighted by Gasteiger charge is -2.11. The van der Waals surface area contributed by atoms with Crippen molar-refractivity contribution in [1.29, 1.82) is 0 Å². The maximum Gasteiger partial charge on any atom is 0.338 e. The Morgan fingerprint density at radius 1 is 1.28 bits per heavy atom. The molecule has 18 heavy (non-hydrogen) atoms. The van der Waals surface area contributed by atoms with Crippen LogP contribution < -0.4 is 9.47 Å². The van der Waals surface area contributed by atoms with Crippen LogP contribution in [-0.2, 0) is 4.74 Å². The van der Waals surface area contributed by atoms with Crippen LogP contribution in [0.5, 0.6) is 11.5 Å². The summed E-state index contributed by atoms with van der Waals surface area (Å²) < 4.78 is 15.7. The van der Waals surface area contributed by atoms with E-state index in [1.807, 2.05) is 20.8 Å². The molecule has 1 aromatic carbocycles. The molecule has 0 unspecified atom stereocenters. The molecular weight excluding hydrogens is 232 g/mol. The van der Waals surface area contributed by atoms with E-state index in [2.05, 4.69) is 0 Å². The van der Waals surface area contributed by atoms with Gasteiger partial charge in [0.05, 0.1) is 25.9 Å². The zero-order valence-electron chi connectivity index (χ0n) is 11.4. The van der Waals surface area contributed by atoms with Crippen LogP contribution in [0.1, 0.15) is 31.1 Å². The maximum atomic E-state index is 11.8. The van der Waals surface area contributed by atoms with Crippen LogP contribution in [-0.4, -0.2) is 26.3 Å². The normalized spacial score (nSPS) is 10.3. The summed E-state index contributed by atoms with van der Waals surface area (Å²) in [5.74, 6) is 1.14. The zero-order chi connectivity index (χ0) is 13.5. The molecule has 0 bridgehead atoms. The Kier molecular flexibility index (Phi) is 5.49. The summed E-state index contributed by atoms with van der Waals surface area (Å²) in [6.07, 6.45) is 0. The first kappa shape index (κ1) is 14.4. The summed E-state index contributed by atoms with van der Waals surface area (Å²) in [6.45, 7) is 6.79. The molecule has 0 aliphatic carbocycles. The number of hydrogen-bond donors (Lipinski definition) is 0. The molecule has 0 amide bonds. The summed E-state index contributed by atoms with van der Waals surface area (Å²) in [5.41, 5.74) is 0.472. The summed E-state index contributed by atoms with van der Waals surface area (Å²) >= 11 is 0. The Labute approximate surface area is 108 Å². The highest BCUT2D eigenvalue weighted by Crippen LogP contribution is 2.28. The molecule has 1 aromatic rings. The zero-order valence-corrected chi connectivity index (χ0v) is 11.4. The van der Waals surface area contributed by atoms with E-state index in [1.54, 1.807) is 25.3 Å². The molecule has 0 aliphatic heterocycles. The first-order chi connectivity index (χ1) is 8.58. The SMILES string of the molecule is CCOc1cc(C(=O)OCC(C)C)ccc1OC. The van der Waals surface area contributed by atoms with Crippen LogP contribution in [0.2, 0.25) is 0 Å². The van der Waals surface area contributed by atoms with Gasteiger partial charge in [0.15, 0.2) is 11.5 Å². The van der Waals surface area contributed by atoms with Gasteiger partial charge in [0.2, 0.25) is 0 Å². The fraction of sp³-hybridized carbons (Fsp3) is 0.500. The highest BCUT2D eigenvalue weighted by atomic mass is 16.5. The number of rotatable bonds is 6. The van der Waals surface area contributed by atoms with Crippen LogP contribution in [0.15, 0.2) is 18.2 Å². The van der Waals surface area contributed by atoms with Gasteiger partial charge in [-0.3, -0.25) is 0 Å². The lowest BCUT2D eigenvalue weighted by molar-refractivity contribution is 0.0458. The summed E-state index contributed by atoms with van der Waals surface area (Å²) in [4.78, 5) is 11.8. The first-order valence-electron chi connectivity index (χ1n) is 6.06. The van der Waals surface area contributed by atoms with Crippen molar-refractivity contribution in [3.05, 3.63) is 23.8 Å². The Bertz CT molecular complexity index is 399. The van der Waals surface area contributed by atoms with E-state index in [-0.39, 0.29) is 5.97 Å². The van der Waals surface area contributed by atoms with Gasteiger partial charge in [-0.2, -0.15) is 0 Å². The van der Waals surface area contributed by atoms with Crippen molar-refractivity contribution in [2.45, 2.75) is 20.8 Å².